The summed E-state index contributed by atoms with van der Waals surface area (Å²) < 4.78 is 12.9. The number of aromatic amines is 1. The lowest BCUT2D eigenvalue weighted by atomic mass is 9.91. The molecule has 0 bridgehead atoms. The molecule has 1 aliphatic rings. The summed E-state index contributed by atoms with van der Waals surface area (Å²) in [5.41, 5.74) is 2.04. The Morgan fingerprint density at radius 3 is 2.62 bits per heavy atom. The Morgan fingerprint density at radius 1 is 1.29 bits per heavy atom. The predicted molar refractivity (Wildman–Crippen MR) is 78.4 cm³/mol. The number of rotatable bonds is 4. The molecule has 0 saturated carbocycles. The van der Waals surface area contributed by atoms with Crippen molar-refractivity contribution in [3.05, 3.63) is 53.6 Å². The zero-order valence-electron chi connectivity index (χ0n) is 11.9. The van der Waals surface area contributed by atoms with E-state index in [1.165, 1.54) is 17.7 Å². The number of hydrogen-bond donors (Lipinski definition) is 2. The number of benzene rings is 1. The van der Waals surface area contributed by atoms with Crippen molar-refractivity contribution in [1.29, 1.82) is 0 Å². The monoisotopic (exact) mass is 289 g/mol. The Kier molecular flexibility index (Phi) is 4.31. The molecule has 21 heavy (non-hydrogen) atoms. The number of likely N-dealkylation sites (tertiary alicyclic amines) is 1. The summed E-state index contributed by atoms with van der Waals surface area (Å²) in [7, 11) is 0. The van der Waals surface area contributed by atoms with Gasteiger partial charge in [-0.05, 0) is 55.1 Å². The van der Waals surface area contributed by atoms with Gasteiger partial charge in [-0.25, -0.2) is 4.39 Å². The third kappa shape index (κ3) is 3.49. The number of aliphatic hydroxyl groups is 1. The summed E-state index contributed by atoms with van der Waals surface area (Å²) in [5, 5.41) is 17.1. The van der Waals surface area contributed by atoms with Crippen molar-refractivity contribution in [3.63, 3.8) is 0 Å². The molecule has 0 radical (unpaired) electrons. The van der Waals surface area contributed by atoms with E-state index in [2.05, 4.69) is 15.1 Å². The average molecular weight is 289 g/mol. The number of nitrogens with one attached hydrogen (secondary N) is 1. The summed E-state index contributed by atoms with van der Waals surface area (Å²) in [4.78, 5) is 2.27. The Balaban J connectivity index is 1.52. The third-order valence-electron chi connectivity index (χ3n) is 4.26. The van der Waals surface area contributed by atoms with Crippen LogP contribution in [0.2, 0.25) is 0 Å². The molecule has 2 heterocycles. The topological polar surface area (TPSA) is 52.1 Å². The highest BCUT2D eigenvalue weighted by molar-refractivity contribution is 5.19. The first-order valence-corrected chi connectivity index (χ1v) is 7.37. The SMILES string of the molecule is OC(CN1CCC(c2cn[nH]c2)CC1)c1ccc(F)cc1. The number of hydrogen-bond acceptors (Lipinski definition) is 3. The molecule has 1 saturated heterocycles. The van der Waals surface area contributed by atoms with E-state index in [-0.39, 0.29) is 5.82 Å². The number of piperidine rings is 1. The maximum atomic E-state index is 12.9. The van der Waals surface area contributed by atoms with Crippen LogP contribution in [0.5, 0.6) is 0 Å². The Hall–Kier alpha value is -1.72. The van der Waals surface area contributed by atoms with Gasteiger partial charge in [0.2, 0.25) is 0 Å². The van der Waals surface area contributed by atoms with Gasteiger partial charge < -0.3 is 10.0 Å². The van der Waals surface area contributed by atoms with Gasteiger partial charge in [0.15, 0.2) is 0 Å². The van der Waals surface area contributed by atoms with Crippen molar-refractivity contribution < 1.29 is 9.50 Å². The number of aliphatic hydroxyl groups excluding tert-OH is 1. The van der Waals surface area contributed by atoms with Crippen LogP contribution in [-0.2, 0) is 0 Å². The number of nitrogens with zero attached hydrogens (tertiary/aromatic N) is 2. The summed E-state index contributed by atoms with van der Waals surface area (Å²) in [6, 6.07) is 6.09. The highest BCUT2D eigenvalue weighted by atomic mass is 19.1. The molecule has 1 aromatic carbocycles. The van der Waals surface area contributed by atoms with E-state index in [0.29, 0.717) is 12.5 Å². The second kappa shape index (κ2) is 6.37. The maximum absolute atomic E-state index is 12.9. The second-order valence-electron chi connectivity index (χ2n) is 5.67. The number of H-pyrrole nitrogens is 1. The molecular formula is C16H20FN3O. The lowest BCUT2D eigenvalue weighted by molar-refractivity contribution is 0.0972. The molecule has 1 unspecified atom stereocenters. The van der Waals surface area contributed by atoms with E-state index in [0.717, 1.165) is 31.5 Å². The molecular weight excluding hydrogens is 269 g/mol. The number of aromatic nitrogens is 2. The lowest BCUT2D eigenvalue weighted by Gasteiger charge is -2.32. The van der Waals surface area contributed by atoms with E-state index in [1.54, 1.807) is 12.1 Å². The lowest BCUT2D eigenvalue weighted by Crippen LogP contribution is -2.36. The van der Waals surface area contributed by atoms with Gasteiger partial charge in [-0.2, -0.15) is 5.10 Å². The zero-order valence-corrected chi connectivity index (χ0v) is 11.9. The molecule has 1 fully saturated rings. The third-order valence-corrected chi connectivity index (χ3v) is 4.26. The molecule has 4 nitrogen and oxygen atoms in total. The molecule has 0 amide bonds. The standard InChI is InChI=1S/C16H20FN3O/c17-15-3-1-13(2-4-15)16(21)11-20-7-5-12(6-8-20)14-9-18-19-10-14/h1-4,9-10,12,16,21H,5-8,11H2,(H,18,19). The van der Waals surface area contributed by atoms with Gasteiger partial charge in [0, 0.05) is 12.7 Å². The summed E-state index contributed by atoms with van der Waals surface area (Å²) in [5.74, 6) is 0.287. The maximum Gasteiger partial charge on any atom is 0.123 e. The fraction of sp³-hybridized carbons (Fsp3) is 0.438. The average Bonchev–Trinajstić information content (AvgIpc) is 3.03. The molecule has 0 spiro atoms. The Morgan fingerprint density at radius 2 is 2.00 bits per heavy atom. The van der Waals surface area contributed by atoms with Crippen LogP contribution >= 0.6 is 0 Å². The Bertz CT molecular complexity index is 547. The van der Waals surface area contributed by atoms with Gasteiger partial charge in [-0.15, -0.1) is 0 Å². The van der Waals surface area contributed by atoms with Crippen molar-refractivity contribution in [2.45, 2.75) is 24.9 Å². The Labute approximate surface area is 123 Å². The molecule has 1 aliphatic heterocycles. The first kappa shape index (κ1) is 14.2. The smallest absolute Gasteiger partial charge is 0.123 e. The fourth-order valence-corrected chi connectivity index (χ4v) is 2.97. The normalized spacial score (nSPS) is 18.8. The van der Waals surface area contributed by atoms with Crippen LogP contribution in [0.25, 0.3) is 0 Å². The molecule has 2 aromatic rings. The van der Waals surface area contributed by atoms with Gasteiger partial charge in [-0.1, -0.05) is 12.1 Å². The number of halogens is 1. The van der Waals surface area contributed by atoms with Crippen molar-refractivity contribution in [1.82, 2.24) is 15.1 Å². The van der Waals surface area contributed by atoms with Crippen molar-refractivity contribution in [3.8, 4) is 0 Å². The molecule has 0 aliphatic carbocycles. The van der Waals surface area contributed by atoms with Gasteiger partial charge in [-0.3, -0.25) is 5.10 Å². The van der Waals surface area contributed by atoms with Gasteiger partial charge in [0.05, 0.1) is 12.3 Å². The molecule has 112 valence electrons. The van der Waals surface area contributed by atoms with E-state index in [4.69, 9.17) is 0 Å². The summed E-state index contributed by atoms with van der Waals surface area (Å²) in [6.45, 7) is 2.53. The van der Waals surface area contributed by atoms with Crippen molar-refractivity contribution in [2.75, 3.05) is 19.6 Å². The van der Waals surface area contributed by atoms with Crippen LogP contribution in [0.1, 0.15) is 36.0 Å². The van der Waals surface area contributed by atoms with Gasteiger partial charge in [0.25, 0.3) is 0 Å². The fourth-order valence-electron chi connectivity index (χ4n) is 2.97. The zero-order chi connectivity index (χ0) is 14.7. The van der Waals surface area contributed by atoms with E-state index in [1.807, 2.05) is 12.4 Å². The summed E-state index contributed by atoms with van der Waals surface area (Å²) >= 11 is 0. The van der Waals surface area contributed by atoms with Crippen LogP contribution in [0, 0.1) is 5.82 Å². The highest BCUT2D eigenvalue weighted by Crippen LogP contribution is 2.28. The van der Waals surface area contributed by atoms with Crippen LogP contribution in [0.15, 0.2) is 36.7 Å². The second-order valence-corrected chi connectivity index (χ2v) is 5.67. The first-order chi connectivity index (χ1) is 10.2. The quantitative estimate of drug-likeness (QED) is 0.909. The summed E-state index contributed by atoms with van der Waals surface area (Å²) in [6.07, 6.45) is 5.46. The van der Waals surface area contributed by atoms with Gasteiger partial charge in [0.1, 0.15) is 5.82 Å². The van der Waals surface area contributed by atoms with Crippen molar-refractivity contribution in [2.24, 2.45) is 0 Å². The molecule has 1 aromatic heterocycles. The molecule has 5 heteroatoms. The van der Waals surface area contributed by atoms with Crippen LogP contribution in [-0.4, -0.2) is 39.8 Å². The van der Waals surface area contributed by atoms with E-state index >= 15 is 0 Å². The minimum atomic E-state index is -0.559. The number of β-amino-alcohol motifs (C(OH)–C–C–N with tert-alkyl or cyclic N) is 1. The van der Waals surface area contributed by atoms with Crippen LogP contribution in [0.3, 0.4) is 0 Å². The molecule has 2 N–H and O–H groups in total. The predicted octanol–water partition coefficient (Wildman–Crippen LogP) is 2.46. The van der Waals surface area contributed by atoms with Gasteiger partial charge >= 0.3 is 0 Å². The van der Waals surface area contributed by atoms with E-state index < -0.39 is 6.10 Å². The van der Waals surface area contributed by atoms with Crippen molar-refractivity contribution >= 4 is 0 Å². The highest BCUT2D eigenvalue weighted by Gasteiger charge is 2.23. The van der Waals surface area contributed by atoms with Crippen LogP contribution < -0.4 is 0 Å². The first-order valence-electron chi connectivity index (χ1n) is 7.37. The molecule has 1 atom stereocenters. The minimum absolute atomic E-state index is 0.271. The molecule has 3 rings (SSSR count). The van der Waals surface area contributed by atoms with Crippen LogP contribution in [0.4, 0.5) is 4.39 Å². The largest absolute Gasteiger partial charge is 0.387 e. The van der Waals surface area contributed by atoms with E-state index in [9.17, 15) is 9.50 Å². The minimum Gasteiger partial charge on any atom is -0.387 e.